The van der Waals surface area contributed by atoms with Gasteiger partial charge in [0, 0.05) is 49.9 Å². The molecule has 0 aliphatic heterocycles. The van der Waals surface area contributed by atoms with Crippen molar-refractivity contribution in [1.82, 2.24) is 24.6 Å². The summed E-state index contributed by atoms with van der Waals surface area (Å²) in [5, 5.41) is 8.01. The van der Waals surface area contributed by atoms with Crippen molar-refractivity contribution >= 4 is 11.6 Å². The van der Waals surface area contributed by atoms with Gasteiger partial charge in [-0.1, -0.05) is 12.1 Å². The lowest BCUT2D eigenvalue weighted by molar-refractivity contribution is 0.0779. The van der Waals surface area contributed by atoms with Crippen molar-refractivity contribution in [3.05, 3.63) is 60.4 Å². The number of nitrogen functional groups attached to an aromatic ring is 1. The van der Waals surface area contributed by atoms with E-state index < -0.39 is 0 Å². The number of hydrogen-bond donors (Lipinski definition) is 1. The predicted molar refractivity (Wildman–Crippen MR) is 102 cm³/mol. The lowest BCUT2D eigenvalue weighted by Crippen LogP contribution is -2.28. The van der Waals surface area contributed by atoms with E-state index >= 15 is 0 Å². The Labute approximate surface area is 157 Å². The zero-order valence-corrected chi connectivity index (χ0v) is 15.4. The van der Waals surface area contributed by atoms with Crippen molar-refractivity contribution in [3.8, 4) is 11.1 Å². The van der Waals surface area contributed by atoms with E-state index in [2.05, 4.69) is 15.2 Å². The van der Waals surface area contributed by atoms with Crippen LogP contribution in [-0.4, -0.2) is 51.3 Å². The van der Waals surface area contributed by atoms with Crippen LogP contribution in [-0.2, 0) is 17.8 Å². The maximum absolute atomic E-state index is 12.7. The van der Waals surface area contributed by atoms with Crippen LogP contribution >= 0.6 is 0 Å². The Hall–Kier alpha value is -3.26. The highest BCUT2D eigenvalue weighted by molar-refractivity contribution is 5.94. The summed E-state index contributed by atoms with van der Waals surface area (Å²) in [6, 6.07) is 9.07. The molecule has 3 rings (SSSR count). The predicted octanol–water partition coefficient (Wildman–Crippen LogP) is 1.84. The molecule has 0 spiro atoms. The molecule has 1 aromatic carbocycles. The first-order valence-corrected chi connectivity index (χ1v) is 8.51. The highest BCUT2D eigenvalue weighted by Crippen LogP contribution is 2.24. The van der Waals surface area contributed by atoms with Crippen LogP contribution in [0.5, 0.6) is 0 Å². The lowest BCUT2D eigenvalue weighted by atomic mass is 10.0. The van der Waals surface area contributed by atoms with Gasteiger partial charge in [0.25, 0.3) is 5.91 Å². The Morgan fingerprint density at radius 3 is 2.74 bits per heavy atom. The second-order valence-corrected chi connectivity index (χ2v) is 6.13. The Morgan fingerprint density at radius 2 is 2.04 bits per heavy atom. The number of carbonyl (C=O) groups excluding carboxylic acids is 1. The largest absolute Gasteiger partial charge is 0.398 e. The molecule has 0 radical (unpaired) electrons. The molecule has 8 nitrogen and oxygen atoms in total. The molecule has 3 aromatic rings. The molecule has 8 heteroatoms. The summed E-state index contributed by atoms with van der Waals surface area (Å²) in [5.41, 5.74) is 8.98. The van der Waals surface area contributed by atoms with Gasteiger partial charge in [-0.2, -0.15) is 0 Å². The SMILES string of the molecule is COCCn1cnnc1CN(C)C(=O)c1ccc(-c2cnccc2N)cc1. The molecule has 0 saturated heterocycles. The molecule has 0 fully saturated rings. The highest BCUT2D eigenvalue weighted by atomic mass is 16.5. The zero-order valence-electron chi connectivity index (χ0n) is 15.4. The summed E-state index contributed by atoms with van der Waals surface area (Å²) in [5.74, 6) is 0.615. The summed E-state index contributed by atoms with van der Waals surface area (Å²) >= 11 is 0. The van der Waals surface area contributed by atoms with E-state index in [-0.39, 0.29) is 5.91 Å². The fourth-order valence-electron chi connectivity index (χ4n) is 2.72. The van der Waals surface area contributed by atoms with E-state index in [0.717, 1.165) is 11.1 Å². The maximum atomic E-state index is 12.7. The van der Waals surface area contributed by atoms with Crippen LogP contribution in [0.2, 0.25) is 0 Å². The van der Waals surface area contributed by atoms with Crippen LogP contribution in [0.4, 0.5) is 5.69 Å². The first kappa shape index (κ1) is 18.5. The van der Waals surface area contributed by atoms with Crippen molar-refractivity contribution in [2.45, 2.75) is 13.1 Å². The van der Waals surface area contributed by atoms with Crippen molar-refractivity contribution in [2.75, 3.05) is 26.5 Å². The number of amides is 1. The molecule has 0 bridgehead atoms. The van der Waals surface area contributed by atoms with E-state index in [1.165, 1.54) is 0 Å². The minimum Gasteiger partial charge on any atom is -0.398 e. The molecule has 2 heterocycles. The van der Waals surface area contributed by atoms with Gasteiger partial charge in [-0.05, 0) is 23.8 Å². The number of nitrogens with two attached hydrogens (primary N) is 1. The summed E-state index contributed by atoms with van der Waals surface area (Å²) < 4.78 is 6.95. The Morgan fingerprint density at radius 1 is 1.26 bits per heavy atom. The molecule has 0 aliphatic carbocycles. The van der Waals surface area contributed by atoms with Crippen molar-refractivity contribution in [2.24, 2.45) is 0 Å². The number of carbonyl (C=O) groups is 1. The minimum atomic E-state index is -0.0954. The van der Waals surface area contributed by atoms with Crippen LogP contribution in [0.25, 0.3) is 11.1 Å². The van der Waals surface area contributed by atoms with Gasteiger partial charge in [-0.3, -0.25) is 9.78 Å². The molecule has 0 unspecified atom stereocenters. The third kappa shape index (κ3) is 4.29. The zero-order chi connectivity index (χ0) is 19.2. The average molecular weight is 366 g/mol. The number of methoxy groups -OCH3 is 1. The molecule has 1 amide bonds. The van der Waals surface area contributed by atoms with Gasteiger partial charge in [0.1, 0.15) is 6.33 Å². The molecule has 2 N–H and O–H groups in total. The Bertz CT molecular complexity index is 907. The standard InChI is InChI=1S/C19H22N6O2/c1-24(12-18-23-22-13-25(18)9-10-27-2)19(26)15-5-3-14(4-6-15)16-11-21-8-7-17(16)20/h3-8,11,13H,9-10,12H2,1-2H3,(H2,20,21). The van der Waals surface area contributed by atoms with Crippen molar-refractivity contribution in [3.63, 3.8) is 0 Å². The molecule has 0 saturated carbocycles. The van der Waals surface area contributed by atoms with Gasteiger partial charge < -0.3 is 19.9 Å². The molecule has 27 heavy (non-hydrogen) atoms. The number of hydrogen-bond acceptors (Lipinski definition) is 6. The highest BCUT2D eigenvalue weighted by Gasteiger charge is 2.15. The van der Waals surface area contributed by atoms with Crippen LogP contribution in [0.15, 0.2) is 49.1 Å². The van der Waals surface area contributed by atoms with E-state index in [4.69, 9.17) is 10.5 Å². The maximum Gasteiger partial charge on any atom is 0.254 e. The van der Waals surface area contributed by atoms with E-state index in [1.807, 2.05) is 16.7 Å². The van der Waals surface area contributed by atoms with Gasteiger partial charge >= 0.3 is 0 Å². The summed E-state index contributed by atoms with van der Waals surface area (Å²) in [7, 11) is 3.38. The quantitative estimate of drug-likeness (QED) is 0.685. The Balaban J connectivity index is 1.70. The third-order valence-electron chi connectivity index (χ3n) is 4.25. The smallest absolute Gasteiger partial charge is 0.254 e. The topological polar surface area (TPSA) is 99.2 Å². The molecular formula is C19H22N6O2. The normalized spacial score (nSPS) is 10.7. The molecule has 0 aliphatic rings. The van der Waals surface area contributed by atoms with Gasteiger partial charge in [0.15, 0.2) is 5.82 Å². The summed E-state index contributed by atoms with van der Waals surface area (Å²) in [6.45, 7) is 1.56. The van der Waals surface area contributed by atoms with Crippen LogP contribution < -0.4 is 5.73 Å². The van der Waals surface area contributed by atoms with Crippen molar-refractivity contribution < 1.29 is 9.53 Å². The second kappa shape index (κ2) is 8.41. The molecule has 140 valence electrons. The van der Waals surface area contributed by atoms with Crippen LogP contribution in [0.3, 0.4) is 0 Å². The third-order valence-corrected chi connectivity index (χ3v) is 4.25. The molecule has 0 atom stereocenters. The first-order chi connectivity index (χ1) is 13.1. The number of benzene rings is 1. The van der Waals surface area contributed by atoms with E-state index in [9.17, 15) is 4.79 Å². The number of aromatic nitrogens is 4. The fraction of sp³-hybridized carbons (Fsp3) is 0.263. The second-order valence-electron chi connectivity index (χ2n) is 6.13. The number of ether oxygens (including phenoxy) is 1. The number of pyridine rings is 1. The Kier molecular flexibility index (Phi) is 5.77. The fourth-order valence-corrected chi connectivity index (χ4v) is 2.72. The molecule has 2 aromatic heterocycles. The van der Waals surface area contributed by atoms with Gasteiger partial charge in [-0.15, -0.1) is 10.2 Å². The van der Waals surface area contributed by atoms with Gasteiger partial charge in [0.2, 0.25) is 0 Å². The molecular weight excluding hydrogens is 344 g/mol. The minimum absolute atomic E-state index is 0.0954. The number of anilines is 1. The number of rotatable bonds is 7. The lowest BCUT2D eigenvalue weighted by Gasteiger charge is -2.17. The van der Waals surface area contributed by atoms with Gasteiger partial charge in [-0.25, -0.2) is 0 Å². The van der Waals surface area contributed by atoms with Crippen molar-refractivity contribution in [1.29, 1.82) is 0 Å². The summed E-state index contributed by atoms with van der Waals surface area (Å²) in [6.07, 6.45) is 5.00. The van der Waals surface area contributed by atoms with Crippen LogP contribution in [0, 0.1) is 0 Å². The van der Waals surface area contributed by atoms with E-state index in [1.54, 1.807) is 56.0 Å². The summed E-state index contributed by atoms with van der Waals surface area (Å²) in [4.78, 5) is 18.4. The van der Waals surface area contributed by atoms with E-state index in [0.29, 0.717) is 36.8 Å². The average Bonchev–Trinajstić information content (AvgIpc) is 3.13. The number of nitrogens with zero attached hydrogens (tertiary/aromatic N) is 5. The first-order valence-electron chi connectivity index (χ1n) is 8.51. The van der Waals surface area contributed by atoms with Crippen LogP contribution in [0.1, 0.15) is 16.2 Å². The monoisotopic (exact) mass is 366 g/mol. The van der Waals surface area contributed by atoms with Gasteiger partial charge in [0.05, 0.1) is 13.2 Å².